The van der Waals surface area contributed by atoms with Gasteiger partial charge >= 0.3 is 6.03 Å². The van der Waals surface area contributed by atoms with E-state index >= 15 is 0 Å². The topological polar surface area (TPSA) is 82.2 Å². The molecule has 1 aromatic heterocycles. The van der Waals surface area contributed by atoms with Gasteiger partial charge in [-0.3, -0.25) is 0 Å². The van der Waals surface area contributed by atoms with Gasteiger partial charge in [-0.2, -0.15) is 5.10 Å². The first-order valence-corrected chi connectivity index (χ1v) is 9.55. The Labute approximate surface area is 172 Å². The van der Waals surface area contributed by atoms with E-state index in [-0.39, 0.29) is 0 Å². The summed E-state index contributed by atoms with van der Waals surface area (Å²) in [6, 6.07) is 11.4. The van der Waals surface area contributed by atoms with Crippen molar-refractivity contribution in [3.05, 3.63) is 66.4 Å². The number of carbonyl (C=O) groups is 1. The number of halogens is 2. The highest BCUT2D eigenvalue weighted by Crippen LogP contribution is 2.24. The third kappa shape index (κ3) is 4.62. The molecule has 3 aromatic rings. The van der Waals surface area contributed by atoms with Gasteiger partial charge in [0.2, 0.25) is 0 Å². The molecule has 2 heterocycles. The highest BCUT2D eigenvalue weighted by atomic mass is 19.1. The van der Waals surface area contributed by atoms with Crippen LogP contribution < -0.4 is 20.9 Å². The molecule has 0 saturated carbocycles. The number of amides is 2. The zero-order valence-corrected chi connectivity index (χ0v) is 16.0. The van der Waals surface area contributed by atoms with Crippen molar-refractivity contribution in [2.45, 2.75) is 12.8 Å². The molecule has 7 nitrogen and oxygen atoms in total. The first kappa shape index (κ1) is 19.6. The number of nitrogens with zero attached hydrogens (tertiary/aromatic N) is 3. The Morgan fingerprint density at radius 3 is 2.30 bits per heavy atom. The Balaban J connectivity index is 1.37. The Morgan fingerprint density at radius 1 is 0.933 bits per heavy atom. The van der Waals surface area contributed by atoms with E-state index in [4.69, 9.17) is 0 Å². The molecule has 1 saturated heterocycles. The minimum atomic E-state index is -0.845. The van der Waals surface area contributed by atoms with Crippen molar-refractivity contribution in [3.8, 4) is 0 Å². The number of para-hydroxylation sites is 1. The van der Waals surface area contributed by atoms with Crippen LogP contribution in [0.4, 0.5) is 42.1 Å². The van der Waals surface area contributed by atoms with Gasteiger partial charge in [-0.25, -0.2) is 13.6 Å². The van der Waals surface area contributed by atoms with Gasteiger partial charge in [0, 0.05) is 30.5 Å². The van der Waals surface area contributed by atoms with Gasteiger partial charge in [0.1, 0.15) is 17.3 Å². The van der Waals surface area contributed by atoms with E-state index in [9.17, 15) is 13.6 Å². The van der Waals surface area contributed by atoms with Crippen LogP contribution >= 0.6 is 0 Å². The molecule has 30 heavy (non-hydrogen) atoms. The summed E-state index contributed by atoms with van der Waals surface area (Å²) in [6.07, 6.45) is 4.11. The second-order valence-electron chi connectivity index (χ2n) is 6.87. The quantitative estimate of drug-likeness (QED) is 0.566. The fraction of sp³-hybridized carbons (Fsp3) is 0.190. The van der Waals surface area contributed by atoms with E-state index < -0.39 is 23.4 Å². The Kier molecular flexibility index (Phi) is 5.69. The summed E-state index contributed by atoms with van der Waals surface area (Å²) >= 11 is 0. The fourth-order valence-corrected chi connectivity index (χ4v) is 3.24. The van der Waals surface area contributed by atoms with Crippen LogP contribution in [0.25, 0.3) is 0 Å². The number of rotatable bonds is 5. The molecule has 0 atom stereocenters. The maximum Gasteiger partial charge on any atom is 0.323 e. The molecule has 0 aliphatic carbocycles. The third-order valence-electron chi connectivity index (χ3n) is 4.73. The maximum absolute atomic E-state index is 13.6. The van der Waals surface area contributed by atoms with Crippen LogP contribution in [0.3, 0.4) is 0 Å². The molecule has 2 aromatic carbocycles. The minimum Gasteiger partial charge on any atom is -0.370 e. The highest BCUT2D eigenvalue weighted by Gasteiger charge is 2.14. The van der Waals surface area contributed by atoms with Crippen LogP contribution in [-0.2, 0) is 0 Å². The summed E-state index contributed by atoms with van der Waals surface area (Å²) in [5, 5.41) is 16.0. The van der Waals surface area contributed by atoms with E-state index in [1.54, 1.807) is 30.5 Å². The summed E-state index contributed by atoms with van der Waals surface area (Å²) in [4.78, 5) is 14.3. The van der Waals surface area contributed by atoms with E-state index in [0.29, 0.717) is 11.5 Å². The average molecular weight is 410 g/mol. The van der Waals surface area contributed by atoms with E-state index in [1.165, 1.54) is 18.9 Å². The third-order valence-corrected chi connectivity index (χ3v) is 4.73. The summed E-state index contributed by atoms with van der Waals surface area (Å²) in [7, 11) is 0. The van der Waals surface area contributed by atoms with Crippen molar-refractivity contribution in [2.24, 2.45) is 0 Å². The zero-order chi connectivity index (χ0) is 20.9. The first-order valence-electron chi connectivity index (χ1n) is 9.55. The van der Waals surface area contributed by atoms with E-state index in [2.05, 4.69) is 31.0 Å². The molecule has 0 spiro atoms. The Bertz CT molecular complexity index is 1020. The van der Waals surface area contributed by atoms with Crippen molar-refractivity contribution in [1.29, 1.82) is 0 Å². The highest BCUT2D eigenvalue weighted by molar-refractivity contribution is 6.00. The standard InChI is InChI=1S/C21H20F2N6O/c22-17-4-3-5-18(23)20(17)27-21(30)26-15-8-6-14(7-9-15)25-19-12-16(13-24-28-19)29-10-1-2-11-29/h3-9,12-13H,1-2,10-11H2,(H,25,28)(H2,26,27,30). The second-order valence-corrected chi connectivity index (χ2v) is 6.87. The summed E-state index contributed by atoms with van der Waals surface area (Å²) in [6.45, 7) is 2.04. The van der Waals surface area contributed by atoms with Crippen LogP contribution in [0, 0.1) is 11.6 Å². The van der Waals surface area contributed by atoms with Crippen LogP contribution in [0.15, 0.2) is 54.7 Å². The van der Waals surface area contributed by atoms with Gasteiger partial charge in [0.15, 0.2) is 5.82 Å². The van der Waals surface area contributed by atoms with Crippen molar-refractivity contribution in [1.82, 2.24) is 10.2 Å². The Hall–Kier alpha value is -3.75. The number of hydrogen-bond donors (Lipinski definition) is 3. The van der Waals surface area contributed by atoms with Crippen LogP contribution in [0.5, 0.6) is 0 Å². The van der Waals surface area contributed by atoms with Crippen molar-refractivity contribution in [3.63, 3.8) is 0 Å². The maximum atomic E-state index is 13.6. The predicted molar refractivity (Wildman–Crippen MR) is 112 cm³/mol. The van der Waals surface area contributed by atoms with Gasteiger partial charge in [-0.1, -0.05) is 6.07 Å². The van der Waals surface area contributed by atoms with E-state index in [1.807, 2.05) is 6.07 Å². The fourth-order valence-electron chi connectivity index (χ4n) is 3.24. The molecular formula is C21H20F2N6O. The predicted octanol–water partition coefficient (Wildman–Crippen LogP) is 4.74. The lowest BCUT2D eigenvalue weighted by atomic mass is 10.2. The van der Waals surface area contributed by atoms with Crippen molar-refractivity contribution >= 4 is 34.6 Å². The molecule has 0 radical (unpaired) electrons. The van der Waals surface area contributed by atoms with Crippen molar-refractivity contribution < 1.29 is 13.6 Å². The number of aromatic nitrogens is 2. The number of carbonyl (C=O) groups excluding carboxylic acids is 1. The lowest BCUT2D eigenvalue weighted by molar-refractivity contribution is 0.262. The van der Waals surface area contributed by atoms with Crippen LogP contribution in [-0.4, -0.2) is 29.3 Å². The van der Waals surface area contributed by atoms with Gasteiger partial charge < -0.3 is 20.9 Å². The zero-order valence-electron chi connectivity index (χ0n) is 16.0. The molecule has 1 aliphatic heterocycles. The van der Waals surface area contributed by atoms with Crippen molar-refractivity contribution in [2.75, 3.05) is 33.9 Å². The number of urea groups is 1. The molecule has 0 unspecified atom stereocenters. The second kappa shape index (κ2) is 8.73. The van der Waals surface area contributed by atoms with Crippen LogP contribution in [0.2, 0.25) is 0 Å². The molecule has 154 valence electrons. The minimum absolute atomic E-state index is 0.465. The molecule has 1 aliphatic rings. The number of anilines is 5. The van der Waals surface area contributed by atoms with Crippen LogP contribution in [0.1, 0.15) is 12.8 Å². The number of nitrogens with one attached hydrogen (secondary N) is 3. The number of benzene rings is 2. The molecule has 0 bridgehead atoms. The monoisotopic (exact) mass is 410 g/mol. The van der Waals surface area contributed by atoms with Gasteiger partial charge in [0.25, 0.3) is 0 Å². The summed E-state index contributed by atoms with van der Waals surface area (Å²) in [5.41, 5.74) is 1.76. The molecular weight excluding hydrogens is 390 g/mol. The smallest absolute Gasteiger partial charge is 0.323 e. The first-order chi connectivity index (χ1) is 14.6. The normalized spacial score (nSPS) is 13.2. The molecule has 3 N–H and O–H groups in total. The molecule has 4 rings (SSSR count). The average Bonchev–Trinajstić information content (AvgIpc) is 3.28. The SMILES string of the molecule is O=C(Nc1ccc(Nc2cc(N3CCCC3)cnn2)cc1)Nc1c(F)cccc1F. The summed E-state index contributed by atoms with van der Waals surface area (Å²) < 4.78 is 27.3. The molecule has 9 heteroatoms. The van der Waals surface area contributed by atoms with E-state index in [0.717, 1.165) is 36.6 Å². The lowest BCUT2D eigenvalue weighted by Gasteiger charge is -2.17. The summed E-state index contributed by atoms with van der Waals surface area (Å²) in [5.74, 6) is -1.07. The Morgan fingerprint density at radius 2 is 1.60 bits per heavy atom. The molecule has 1 fully saturated rings. The molecule has 2 amide bonds. The van der Waals surface area contributed by atoms with Gasteiger partial charge in [0.05, 0.1) is 11.9 Å². The van der Waals surface area contributed by atoms with Gasteiger partial charge in [-0.15, -0.1) is 5.10 Å². The number of hydrogen-bond acceptors (Lipinski definition) is 5. The largest absolute Gasteiger partial charge is 0.370 e. The van der Waals surface area contributed by atoms with Gasteiger partial charge in [-0.05, 0) is 49.2 Å². The lowest BCUT2D eigenvalue weighted by Crippen LogP contribution is -2.20.